The lowest BCUT2D eigenvalue weighted by Gasteiger charge is -2.38. The van der Waals surface area contributed by atoms with Crippen LogP contribution in [0.2, 0.25) is 10.0 Å². The maximum atomic E-state index is 13.2. The molecule has 2 aliphatic rings. The lowest BCUT2D eigenvalue weighted by molar-refractivity contribution is 0.0451. The first-order valence-corrected chi connectivity index (χ1v) is 10.3. The Bertz CT molecular complexity index is 925. The summed E-state index contributed by atoms with van der Waals surface area (Å²) < 4.78 is 1.47. The van der Waals surface area contributed by atoms with Gasteiger partial charge in [-0.1, -0.05) is 29.3 Å². The Morgan fingerprint density at radius 2 is 1.71 bits per heavy atom. The standard InChI is InChI=1S/C21H22Cl2N2O3/c22-18-4-1-5-19(23)17(18)11-24-8-2-3-16(20(24)27)21(28)25-14-6-7-15(25)10-13(9-14)12-26/h1-5,8,13-15,26H,6-7,9-12H2/t13?,14-,15+. The highest BCUT2D eigenvalue weighted by atomic mass is 35.5. The Hall–Kier alpha value is -1.82. The molecular weight excluding hydrogens is 399 g/mol. The minimum absolute atomic E-state index is 0.106. The number of carbonyl (C=O) groups is 1. The molecule has 7 heteroatoms. The molecule has 2 saturated heterocycles. The number of rotatable bonds is 4. The quantitative estimate of drug-likeness (QED) is 0.821. The van der Waals surface area contributed by atoms with Crippen molar-refractivity contribution in [3.05, 3.63) is 68.1 Å². The van der Waals surface area contributed by atoms with Gasteiger partial charge in [-0.3, -0.25) is 9.59 Å². The largest absolute Gasteiger partial charge is 0.396 e. The zero-order valence-corrected chi connectivity index (χ0v) is 16.9. The van der Waals surface area contributed by atoms with E-state index in [0.717, 1.165) is 25.7 Å². The van der Waals surface area contributed by atoms with Crippen LogP contribution in [0.4, 0.5) is 0 Å². The molecule has 3 atom stereocenters. The highest BCUT2D eigenvalue weighted by molar-refractivity contribution is 6.35. The number of hydrogen-bond acceptors (Lipinski definition) is 3. The molecule has 0 saturated carbocycles. The van der Waals surface area contributed by atoms with Gasteiger partial charge >= 0.3 is 0 Å². The number of halogens is 2. The number of benzene rings is 1. The Kier molecular flexibility index (Phi) is 5.50. The Morgan fingerprint density at radius 1 is 1.07 bits per heavy atom. The number of aromatic nitrogens is 1. The summed E-state index contributed by atoms with van der Waals surface area (Å²) in [6, 6.07) is 8.72. The van der Waals surface area contributed by atoms with Gasteiger partial charge in [-0.2, -0.15) is 0 Å². The predicted molar refractivity (Wildman–Crippen MR) is 109 cm³/mol. The minimum Gasteiger partial charge on any atom is -0.396 e. The molecule has 2 fully saturated rings. The monoisotopic (exact) mass is 420 g/mol. The number of aliphatic hydroxyl groups is 1. The maximum absolute atomic E-state index is 13.2. The number of hydrogen-bond donors (Lipinski definition) is 1. The number of aliphatic hydroxyl groups excluding tert-OH is 1. The molecule has 0 aliphatic carbocycles. The summed E-state index contributed by atoms with van der Waals surface area (Å²) in [4.78, 5) is 28.1. The van der Waals surface area contributed by atoms with Crippen LogP contribution in [0.1, 0.15) is 41.6 Å². The van der Waals surface area contributed by atoms with Crippen LogP contribution in [0.5, 0.6) is 0 Å². The van der Waals surface area contributed by atoms with E-state index in [1.165, 1.54) is 4.57 Å². The van der Waals surface area contributed by atoms with Crippen molar-refractivity contribution in [2.45, 2.75) is 44.3 Å². The van der Waals surface area contributed by atoms with Gasteiger partial charge in [-0.15, -0.1) is 0 Å². The highest BCUT2D eigenvalue weighted by Gasteiger charge is 2.43. The van der Waals surface area contributed by atoms with Crippen molar-refractivity contribution >= 4 is 29.1 Å². The van der Waals surface area contributed by atoms with E-state index in [4.69, 9.17) is 23.2 Å². The van der Waals surface area contributed by atoms with Crippen LogP contribution in [0.3, 0.4) is 0 Å². The summed E-state index contributed by atoms with van der Waals surface area (Å²) in [7, 11) is 0. The number of pyridine rings is 1. The summed E-state index contributed by atoms with van der Waals surface area (Å²) in [5.41, 5.74) is 0.485. The van der Waals surface area contributed by atoms with Crippen LogP contribution in [-0.2, 0) is 6.54 Å². The van der Waals surface area contributed by atoms with Gasteiger partial charge in [0.2, 0.25) is 0 Å². The number of carbonyl (C=O) groups excluding carboxylic acids is 1. The molecule has 2 bridgehead atoms. The number of amides is 1. The number of fused-ring (bicyclic) bond motifs is 2. The molecule has 2 aliphatic heterocycles. The van der Waals surface area contributed by atoms with E-state index in [9.17, 15) is 14.7 Å². The van der Waals surface area contributed by atoms with E-state index in [2.05, 4.69) is 0 Å². The smallest absolute Gasteiger partial charge is 0.263 e. The van der Waals surface area contributed by atoms with Crippen molar-refractivity contribution in [1.82, 2.24) is 9.47 Å². The first kappa shape index (κ1) is 19.5. The molecule has 1 aromatic carbocycles. The Balaban J connectivity index is 1.62. The second kappa shape index (κ2) is 7.90. The molecule has 1 amide bonds. The van der Waals surface area contributed by atoms with Crippen molar-refractivity contribution in [1.29, 1.82) is 0 Å². The van der Waals surface area contributed by atoms with Gasteiger partial charge in [-0.25, -0.2) is 0 Å². The summed E-state index contributed by atoms with van der Waals surface area (Å²) >= 11 is 12.5. The van der Waals surface area contributed by atoms with Crippen molar-refractivity contribution in [2.75, 3.05) is 6.61 Å². The molecule has 148 valence electrons. The van der Waals surface area contributed by atoms with Gasteiger partial charge in [0.25, 0.3) is 11.5 Å². The van der Waals surface area contributed by atoms with Gasteiger partial charge < -0.3 is 14.6 Å². The molecule has 1 N–H and O–H groups in total. The van der Waals surface area contributed by atoms with Crippen molar-refractivity contribution in [3.63, 3.8) is 0 Å². The summed E-state index contributed by atoms with van der Waals surface area (Å²) in [6.07, 6.45) is 5.11. The van der Waals surface area contributed by atoms with E-state index in [0.29, 0.717) is 15.6 Å². The third-order valence-electron chi connectivity index (χ3n) is 5.96. The fourth-order valence-electron chi connectivity index (χ4n) is 4.59. The summed E-state index contributed by atoms with van der Waals surface area (Å²) in [5.74, 6) is 0.0323. The van der Waals surface area contributed by atoms with Crippen LogP contribution < -0.4 is 5.56 Å². The van der Waals surface area contributed by atoms with Gasteiger partial charge in [0.1, 0.15) is 5.56 Å². The summed E-state index contributed by atoms with van der Waals surface area (Å²) in [5, 5.41) is 10.5. The second-order valence-electron chi connectivity index (χ2n) is 7.67. The lowest BCUT2D eigenvalue weighted by Crippen LogP contribution is -2.48. The molecule has 3 heterocycles. The molecule has 5 nitrogen and oxygen atoms in total. The van der Waals surface area contributed by atoms with Crippen LogP contribution in [0.25, 0.3) is 0 Å². The SMILES string of the molecule is O=C(c1cccn(Cc2c(Cl)cccc2Cl)c1=O)N1[C@@H]2CC[C@H]1CC(CO)C2. The fraction of sp³-hybridized carbons (Fsp3) is 0.429. The Labute approximate surface area is 173 Å². The van der Waals surface area contributed by atoms with Crippen LogP contribution in [0, 0.1) is 5.92 Å². The van der Waals surface area contributed by atoms with Crippen molar-refractivity contribution in [3.8, 4) is 0 Å². The maximum Gasteiger partial charge on any atom is 0.263 e. The van der Waals surface area contributed by atoms with E-state index in [1.807, 2.05) is 4.90 Å². The molecule has 0 radical (unpaired) electrons. The molecule has 28 heavy (non-hydrogen) atoms. The van der Waals surface area contributed by atoms with Crippen molar-refractivity contribution < 1.29 is 9.90 Å². The zero-order chi connectivity index (χ0) is 19.8. The molecule has 2 aromatic rings. The fourth-order valence-corrected chi connectivity index (χ4v) is 5.10. The van der Waals surface area contributed by atoms with E-state index in [1.54, 1.807) is 36.5 Å². The van der Waals surface area contributed by atoms with Crippen LogP contribution >= 0.6 is 23.2 Å². The third-order valence-corrected chi connectivity index (χ3v) is 6.67. The van der Waals surface area contributed by atoms with Gasteiger partial charge in [0.05, 0.1) is 6.54 Å². The van der Waals surface area contributed by atoms with Gasteiger partial charge in [-0.05, 0) is 55.9 Å². The van der Waals surface area contributed by atoms with Crippen molar-refractivity contribution in [2.24, 2.45) is 5.92 Å². The van der Waals surface area contributed by atoms with Gasteiger partial charge in [0, 0.05) is 40.5 Å². The first-order valence-electron chi connectivity index (χ1n) is 9.55. The first-order chi connectivity index (χ1) is 13.5. The van der Waals surface area contributed by atoms with E-state index in [-0.39, 0.29) is 48.2 Å². The summed E-state index contributed by atoms with van der Waals surface area (Å²) in [6.45, 7) is 0.365. The topological polar surface area (TPSA) is 62.5 Å². The molecule has 4 rings (SSSR count). The Morgan fingerprint density at radius 3 is 2.32 bits per heavy atom. The average Bonchev–Trinajstić information content (AvgIpc) is 2.95. The zero-order valence-electron chi connectivity index (χ0n) is 15.4. The minimum atomic E-state index is -0.341. The van der Waals surface area contributed by atoms with Crippen LogP contribution in [0.15, 0.2) is 41.3 Å². The molecular formula is C21H22Cl2N2O3. The number of nitrogens with zero attached hydrogens (tertiary/aromatic N) is 2. The average molecular weight is 421 g/mol. The van der Waals surface area contributed by atoms with E-state index >= 15 is 0 Å². The van der Waals surface area contributed by atoms with E-state index < -0.39 is 0 Å². The van der Waals surface area contributed by atoms with Crippen LogP contribution in [-0.4, -0.2) is 39.2 Å². The normalized spacial score (nSPS) is 23.8. The van der Waals surface area contributed by atoms with Gasteiger partial charge in [0.15, 0.2) is 0 Å². The molecule has 1 unspecified atom stereocenters. The number of piperidine rings is 1. The third kappa shape index (κ3) is 3.47. The molecule has 0 spiro atoms. The second-order valence-corrected chi connectivity index (χ2v) is 8.49. The highest BCUT2D eigenvalue weighted by Crippen LogP contribution is 2.39. The predicted octanol–water partition coefficient (Wildman–Crippen LogP) is 3.58. The lowest BCUT2D eigenvalue weighted by atomic mass is 9.91. The molecule has 1 aromatic heterocycles.